The largest absolute Gasteiger partial charge is 0.478 e. The molecular formula is C62H53BBrF9N9O8. The van der Waals surface area contributed by atoms with Crippen LogP contribution in [0.5, 0.6) is 0 Å². The van der Waals surface area contributed by atoms with Crippen LogP contribution in [0.1, 0.15) is 75.5 Å². The molecule has 0 spiro atoms. The zero-order chi connectivity index (χ0) is 66.0. The van der Waals surface area contributed by atoms with Gasteiger partial charge in [0.2, 0.25) is 0 Å². The Morgan fingerprint density at radius 3 is 1.16 bits per heavy atom. The van der Waals surface area contributed by atoms with Crippen molar-refractivity contribution in [2.45, 2.75) is 57.4 Å². The number of carboxylic acid groups (broad SMARTS) is 1. The Labute approximate surface area is 518 Å². The third-order valence-electron chi connectivity index (χ3n) is 12.8. The lowest BCUT2D eigenvalue weighted by atomic mass is 9.81. The summed E-state index contributed by atoms with van der Waals surface area (Å²) in [5.74, 6) is -2.16. The van der Waals surface area contributed by atoms with Gasteiger partial charge in [0.1, 0.15) is 4.60 Å². The molecule has 0 fully saturated rings. The molecule has 9 rings (SSSR count). The average molecular weight is 1310 g/mol. The van der Waals surface area contributed by atoms with Crippen molar-refractivity contribution in [3.8, 4) is 22.5 Å². The number of aliphatic hydroxyl groups is 1. The van der Waals surface area contributed by atoms with E-state index >= 15 is 0 Å². The van der Waals surface area contributed by atoms with E-state index in [0.717, 1.165) is 41.0 Å². The molecule has 3 aromatic heterocycles. The molecule has 17 nitrogen and oxygen atoms in total. The van der Waals surface area contributed by atoms with Crippen LogP contribution in [0.4, 0.5) is 73.6 Å². The van der Waals surface area contributed by atoms with Gasteiger partial charge in [0.15, 0.2) is 0 Å². The minimum absolute atomic E-state index is 0.0589. The SMILES string of the molecule is Brc1cccnn1.COC(=O)c1ccc(Nc2ccc(C(F)(F)F)cc2)c(-c2cccnn2)c1.COC(=O)c1ccc(Nc2ccc(C(F)(F)F)cc2)c([B]OC(C)(C)C(C)(C)O)c1.O=C(O)c1ccc(Nc2ccc(C(F)(F)F)cc2)c(-c2cccnn2)c1. The number of carbonyl (C=O) groups is 3. The van der Waals surface area contributed by atoms with Crippen LogP contribution < -0.4 is 21.4 Å². The van der Waals surface area contributed by atoms with Crippen LogP contribution >= 0.6 is 15.9 Å². The third kappa shape index (κ3) is 20.1. The Morgan fingerprint density at radius 1 is 0.478 bits per heavy atom. The van der Waals surface area contributed by atoms with E-state index in [1.54, 1.807) is 82.4 Å². The van der Waals surface area contributed by atoms with Gasteiger partial charge in [-0.3, -0.25) is 0 Å². The van der Waals surface area contributed by atoms with Crippen LogP contribution in [0.2, 0.25) is 0 Å². The number of nitrogens with zero attached hydrogens (tertiary/aromatic N) is 6. The molecule has 0 saturated carbocycles. The first-order valence-corrected chi connectivity index (χ1v) is 27.0. The van der Waals surface area contributed by atoms with Gasteiger partial charge in [0.25, 0.3) is 0 Å². The minimum Gasteiger partial charge on any atom is -0.478 e. The van der Waals surface area contributed by atoms with Crippen LogP contribution in [0.25, 0.3) is 22.5 Å². The number of carbonyl (C=O) groups excluding carboxylic acids is 2. The van der Waals surface area contributed by atoms with E-state index < -0.39 is 64.3 Å². The number of aromatic nitrogens is 6. The maximum atomic E-state index is 12.8. The number of anilines is 6. The Kier molecular flexibility index (Phi) is 23.4. The summed E-state index contributed by atoms with van der Waals surface area (Å²) < 4.78 is 130. The highest BCUT2D eigenvalue weighted by Crippen LogP contribution is 2.36. The quantitative estimate of drug-likeness (QED) is 0.0365. The van der Waals surface area contributed by atoms with Crippen molar-refractivity contribution in [3.63, 3.8) is 0 Å². The third-order valence-corrected chi connectivity index (χ3v) is 13.3. The van der Waals surface area contributed by atoms with Gasteiger partial charge in [-0.2, -0.15) is 65.0 Å². The molecule has 9 aromatic rings. The zero-order valence-electron chi connectivity index (χ0n) is 48.2. The van der Waals surface area contributed by atoms with Crippen molar-refractivity contribution in [1.29, 1.82) is 0 Å². The van der Waals surface area contributed by atoms with E-state index in [0.29, 0.717) is 67.7 Å². The normalized spacial score (nSPS) is 11.4. The Morgan fingerprint density at radius 2 is 0.833 bits per heavy atom. The molecule has 28 heteroatoms. The number of aromatic carboxylic acids is 1. The molecule has 90 heavy (non-hydrogen) atoms. The van der Waals surface area contributed by atoms with Gasteiger partial charge >= 0.3 is 43.9 Å². The summed E-state index contributed by atoms with van der Waals surface area (Å²) >= 11 is 3.14. The molecule has 5 N–H and O–H groups in total. The Bertz CT molecular complexity index is 3840. The number of rotatable bonds is 15. The van der Waals surface area contributed by atoms with Gasteiger partial charge < -0.3 is 40.3 Å². The number of ether oxygens (including phenoxy) is 2. The van der Waals surface area contributed by atoms with Crippen LogP contribution in [0.15, 0.2) is 187 Å². The number of hydrogen-bond donors (Lipinski definition) is 5. The molecule has 0 bridgehead atoms. The number of esters is 2. The molecule has 0 saturated heterocycles. The average Bonchev–Trinajstić information content (AvgIpc) is 1.21. The fourth-order valence-corrected chi connectivity index (χ4v) is 7.59. The van der Waals surface area contributed by atoms with E-state index in [-0.39, 0.29) is 11.1 Å². The molecule has 0 aliphatic heterocycles. The molecule has 6 aromatic carbocycles. The van der Waals surface area contributed by atoms with Crippen molar-refractivity contribution in [2.75, 3.05) is 30.2 Å². The number of hydrogen-bond acceptors (Lipinski definition) is 16. The van der Waals surface area contributed by atoms with E-state index in [1.165, 1.54) is 101 Å². The summed E-state index contributed by atoms with van der Waals surface area (Å²) in [6.07, 6.45) is -8.61. The van der Waals surface area contributed by atoms with Gasteiger partial charge in [0, 0.05) is 63.8 Å². The summed E-state index contributed by atoms with van der Waals surface area (Å²) in [5, 5.41) is 51.3. The van der Waals surface area contributed by atoms with Crippen molar-refractivity contribution < 1.29 is 78.2 Å². The number of halogens is 10. The standard InChI is InChI=1S/C21H24BF3NO4.C19H14F3N3O2.C18H12F3N3O2.C4H3BrN2/c1-19(2,28)20(3,4)30-22-16-12-13(18(27)29-5)6-11-17(16)26-15-9-7-14(8-10-15)21(23,24)25;1-27-18(26)12-4-9-16(15(11-12)17-3-2-10-23-25-17)24-14-7-5-13(6-8-14)19(20,21)22;19-18(20,21)12-4-6-13(7-5-12)23-15-8-3-11(17(25)26)10-14(15)16-2-1-9-22-24-16;5-4-2-1-3-6-7-4/h6-12,26,28H,1-5H3;2-11,24H,1H3;1-10,23H,(H,25,26);1-3H. The first-order valence-electron chi connectivity index (χ1n) is 26.2. The van der Waals surface area contributed by atoms with Gasteiger partial charge in [-0.15, -0.1) is 5.10 Å². The molecule has 1 radical (unpaired) electrons. The van der Waals surface area contributed by atoms with Crippen molar-refractivity contribution in [3.05, 3.63) is 220 Å². The molecule has 0 amide bonds. The highest BCUT2D eigenvalue weighted by molar-refractivity contribution is 9.10. The number of benzene rings is 6. The fourth-order valence-electron chi connectivity index (χ4n) is 7.35. The van der Waals surface area contributed by atoms with Crippen molar-refractivity contribution >= 4 is 80.9 Å². The lowest BCUT2D eigenvalue weighted by Crippen LogP contribution is -2.49. The molecule has 0 aliphatic rings. The molecule has 0 aliphatic carbocycles. The first-order chi connectivity index (χ1) is 42.4. The molecular weight excluding hydrogens is 1260 g/mol. The molecule has 0 atom stereocenters. The van der Waals surface area contributed by atoms with E-state index in [9.17, 15) is 64.1 Å². The molecule has 467 valence electrons. The van der Waals surface area contributed by atoms with E-state index in [4.69, 9.17) is 14.1 Å². The highest BCUT2D eigenvalue weighted by Gasteiger charge is 2.36. The topological polar surface area (TPSA) is 233 Å². The zero-order valence-corrected chi connectivity index (χ0v) is 49.8. The second-order valence-electron chi connectivity index (χ2n) is 19.8. The number of methoxy groups -OCH3 is 2. The van der Waals surface area contributed by atoms with Crippen LogP contribution in [0, 0.1) is 0 Å². The van der Waals surface area contributed by atoms with Gasteiger partial charge in [-0.25, -0.2) is 14.4 Å². The first kappa shape index (κ1) is 69.3. The van der Waals surface area contributed by atoms with Gasteiger partial charge in [-0.1, -0.05) is 0 Å². The lowest BCUT2D eigenvalue weighted by Gasteiger charge is -2.37. The Hall–Kier alpha value is -9.80. The highest BCUT2D eigenvalue weighted by atomic mass is 79.9. The van der Waals surface area contributed by atoms with Crippen LogP contribution in [0.3, 0.4) is 0 Å². The number of alkyl halides is 9. The molecule has 3 heterocycles. The lowest BCUT2D eigenvalue weighted by molar-refractivity contribution is -0.138. The van der Waals surface area contributed by atoms with E-state index in [1.807, 2.05) is 12.1 Å². The maximum absolute atomic E-state index is 12.8. The summed E-state index contributed by atoms with van der Waals surface area (Å²) in [6, 6.07) is 37.9. The maximum Gasteiger partial charge on any atom is 0.416 e. The van der Waals surface area contributed by atoms with Crippen molar-refractivity contribution in [2.24, 2.45) is 0 Å². The molecule has 0 unspecified atom stereocenters. The fraction of sp³-hybridized carbons (Fsp3) is 0.177. The van der Waals surface area contributed by atoms with Crippen molar-refractivity contribution in [1.82, 2.24) is 30.6 Å². The second-order valence-corrected chi connectivity index (χ2v) is 20.6. The van der Waals surface area contributed by atoms with Gasteiger partial charge in [0.05, 0.1) is 70.2 Å². The minimum atomic E-state index is -4.42. The summed E-state index contributed by atoms with van der Waals surface area (Å²) in [5.41, 5.74) is 1.55. The summed E-state index contributed by atoms with van der Waals surface area (Å²) in [6.45, 7) is 6.62. The van der Waals surface area contributed by atoms with Crippen LogP contribution in [-0.2, 0) is 32.7 Å². The van der Waals surface area contributed by atoms with E-state index in [2.05, 4.69) is 62.5 Å². The predicted molar refractivity (Wildman–Crippen MR) is 322 cm³/mol. The number of carboxylic acids is 1. The summed E-state index contributed by atoms with van der Waals surface area (Å²) in [4.78, 5) is 34.9. The number of nitrogens with one attached hydrogen (secondary N) is 3. The smallest absolute Gasteiger partial charge is 0.416 e. The Balaban J connectivity index is 0.000000203. The summed E-state index contributed by atoms with van der Waals surface area (Å²) in [7, 11) is 3.92. The predicted octanol–water partition coefficient (Wildman–Crippen LogP) is 14.6. The van der Waals surface area contributed by atoms with Gasteiger partial charge in [-0.05, 0) is 213 Å². The van der Waals surface area contributed by atoms with Crippen LogP contribution in [-0.4, -0.2) is 91.6 Å². The second kappa shape index (κ2) is 30.4. The monoisotopic (exact) mass is 1310 g/mol.